The van der Waals surface area contributed by atoms with Gasteiger partial charge in [0.1, 0.15) is 18.1 Å². The fourth-order valence-corrected chi connectivity index (χ4v) is 3.69. The van der Waals surface area contributed by atoms with E-state index in [0.717, 1.165) is 4.68 Å². The smallest absolute Gasteiger partial charge is 0.407 e. The number of benzene rings is 2. The van der Waals surface area contributed by atoms with Gasteiger partial charge in [-0.05, 0) is 48.9 Å². The lowest BCUT2D eigenvalue weighted by atomic mass is 9.98. The van der Waals surface area contributed by atoms with E-state index in [2.05, 4.69) is 20.5 Å². The number of ether oxygens (including phenoxy) is 2. The zero-order valence-electron chi connectivity index (χ0n) is 18.3. The molecule has 178 valence electrons. The molecule has 34 heavy (non-hydrogen) atoms. The number of carbonyl (C=O) groups excluding carboxylic acids is 2. The van der Waals surface area contributed by atoms with Crippen molar-refractivity contribution in [2.24, 2.45) is 0 Å². The van der Waals surface area contributed by atoms with Gasteiger partial charge in [-0.25, -0.2) is 18.0 Å². The molecule has 1 aliphatic rings. The maximum absolute atomic E-state index is 14.7. The highest BCUT2D eigenvalue weighted by atomic mass is 19.3. The highest BCUT2D eigenvalue weighted by molar-refractivity contribution is 5.97. The quantitative estimate of drug-likeness (QED) is 0.564. The fourth-order valence-electron chi connectivity index (χ4n) is 3.69. The van der Waals surface area contributed by atoms with Crippen molar-refractivity contribution in [1.29, 1.82) is 0 Å². The number of hydrogen-bond donors (Lipinski definition) is 2. The molecule has 1 aliphatic heterocycles. The molecule has 0 saturated heterocycles. The third-order valence-corrected chi connectivity index (χ3v) is 5.15. The van der Waals surface area contributed by atoms with Gasteiger partial charge in [-0.3, -0.25) is 9.48 Å². The summed E-state index contributed by atoms with van der Waals surface area (Å²) in [6, 6.07) is 10.4. The molecular formula is C23H21F3N4O4. The average Bonchev–Trinajstić information content (AvgIpc) is 3.12. The number of carbonyl (C=O) groups is 2. The number of amides is 2. The minimum Gasteiger partial charge on any atom is -0.482 e. The first-order valence-electron chi connectivity index (χ1n) is 10.3. The van der Waals surface area contributed by atoms with Crippen LogP contribution in [-0.2, 0) is 16.1 Å². The van der Waals surface area contributed by atoms with Crippen LogP contribution in [0.1, 0.15) is 5.69 Å². The summed E-state index contributed by atoms with van der Waals surface area (Å²) >= 11 is 0. The van der Waals surface area contributed by atoms with Crippen molar-refractivity contribution >= 4 is 17.7 Å². The molecule has 2 aromatic carbocycles. The molecule has 0 saturated carbocycles. The Morgan fingerprint density at radius 1 is 1.24 bits per heavy atom. The molecule has 2 heterocycles. The molecule has 2 N–H and O–H groups in total. The van der Waals surface area contributed by atoms with E-state index in [1.54, 1.807) is 25.1 Å². The highest BCUT2D eigenvalue weighted by Crippen LogP contribution is 2.39. The Kier molecular flexibility index (Phi) is 6.18. The molecular weight excluding hydrogens is 453 g/mol. The fraction of sp³-hybridized carbons (Fsp3) is 0.261. The number of alkyl halides is 2. The molecule has 1 aromatic heterocycles. The molecule has 0 aliphatic carbocycles. The predicted octanol–water partition coefficient (Wildman–Crippen LogP) is 3.99. The first kappa shape index (κ1) is 23.1. The van der Waals surface area contributed by atoms with Gasteiger partial charge in [0.15, 0.2) is 13.2 Å². The first-order chi connectivity index (χ1) is 16.2. The Morgan fingerprint density at radius 2 is 1.94 bits per heavy atom. The third kappa shape index (κ3) is 4.82. The average molecular weight is 474 g/mol. The zero-order valence-corrected chi connectivity index (χ0v) is 18.3. The third-order valence-electron chi connectivity index (χ3n) is 5.15. The van der Waals surface area contributed by atoms with Gasteiger partial charge in [0.2, 0.25) is 0 Å². The van der Waals surface area contributed by atoms with E-state index in [-0.39, 0.29) is 12.5 Å². The van der Waals surface area contributed by atoms with Crippen LogP contribution in [0.15, 0.2) is 42.5 Å². The van der Waals surface area contributed by atoms with Crippen molar-refractivity contribution < 1.29 is 32.2 Å². The Morgan fingerprint density at radius 3 is 2.65 bits per heavy atom. The van der Waals surface area contributed by atoms with Crippen molar-refractivity contribution in [3.8, 4) is 28.1 Å². The topological polar surface area (TPSA) is 94.5 Å². The molecule has 0 atom stereocenters. The van der Waals surface area contributed by atoms with Gasteiger partial charge in [0, 0.05) is 18.2 Å². The molecule has 4 rings (SSSR count). The Bertz CT molecular complexity index is 1240. The molecule has 0 radical (unpaired) electrons. The lowest BCUT2D eigenvalue weighted by Crippen LogP contribution is -2.33. The number of aryl methyl sites for hydroxylation is 1. The number of alkyl carbamates (subject to hydrolysis) is 1. The maximum Gasteiger partial charge on any atom is 0.407 e. The number of fused-ring (bicyclic) bond motifs is 1. The normalized spacial score (nSPS) is 13.0. The number of aromatic nitrogens is 2. The maximum atomic E-state index is 14.7. The summed E-state index contributed by atoms with van der Waals surface area (Å²) in [5, 5.41) is 9.15. The van der Waals surface area contributed by atoms with Crippen LogP contribution in [0, 0.1) is 12.7 Å². The monoisotopic (exact) mass is 474 g/mol. The number of halogens is 3. The van der Waals surface area contributed by atoms with Gasteiger partial charge >= 0.3 is 12.0 Å². The van der Waals surface area contributed by atoms with Crippen LogP contribution in [-0.4, -0.2) is 48.0 Å². The van der Waals surface area contributed by atoms with Crippen LogP contribution >= 0.6 is 0 Å². The summed E-state index contributed by atoms with van der Waals surface area (Å²) in [5.41, 5.74) is 2.77. The van der Waals surface area contributed by atoms with Crippen LogP contribution in [0.3, 0.4) is 0 Å². The Hall–Kier alpha value is -4.02. The second kappa shape index (κ2) is 9.08. The summed E-state index contributed by atoms with van der Waals surface area (Å²) in [4.78, 5) is 23.0. The molecule has 3 aromatic rings. The summed E-state index contributed by atoms with van der Waals surface area (Å²) in [6.45, 7) is -0.474. The summed E-state index contributed by atoms with van der Waals surface area (Å²) in [6.07, 6.45) is -0.978. The molecule has 2 amide bonds. The van der Waals surface area contributed by atoms with Crippen molar-refractivity contribution in [2.75, 3.05) is 25.6 Å². The van der Waals surface area contributed by atoms with E-state index >= 15 is 0 Å². The molecule has 0 bridgehead atoms. The molecule has 0 spiro atoms. The van der Waals surface area contributed by atoms with E-state index in [4.69, 9.17) is 4.74 Å². The standard InChI is InChI=1S/C23H21F3N4O4/c1-13-20(15-5-8-18-17(9-15)28-19(31)10-33-18)21(14-3-6-16(24)7-4-14)30(29-13)11-23(25,26)12-34-22(32)27-2/h3-9H,10-12H2,1-2H3,(H,27,32)(H,28,31). The number of rotatable bonds is 6. The summed E-state index contributed by atoms with van der Waals surface area (Å²) in [7, 11) is 1.27. The minimum absolute atomic E-state index is 0.0999. The van der Waals surface area contributed by atoms with Gasteiger partial charge in [0.25, 0.3) is 5.91 Å². The number of nitrogens with zero attached hydrogens (tertiary/aromatic N) is 2. The van der Waals surface area contributed by atoms with Gasteiger partial charge in [0.05, 0.1) is 17.1 Å². The van der Waals surface area contributed by atoms with Crippen LogP contribution in [0.5, 0.6) is 5.75 Å². The number of anilines is 1. The number of nitrogens with one attached hydrogen (secondary N) is 2. The summed E-state index contributed by atoms with van der Waals surface area (Å²) in [5.74, 6) is -3.75. The lowest BCUT2D eigenvalue weighted by Gasteiger charge is -2.20. The zero-order chi connectivity index (χ0) is 24.5. The van der Waals surface area contributed by atoms with Gasteiger partial charge in [-0.15, -0.1) is 0 Å². The van der Waals surface area contributed by atoms with Crippen molar-refractivity contribution in [3.63, 3.8) is 0 Å². The first-order valence-corrected chi connectivity index (χ1v) is 10.3. The SMILES string of the molecule is CNC(=O)OCC(F)(F)Cn1nc(C)c(-c2ccc3c(c2)NC(=O)CO3)c1-c1ccc(F)cc1. The van der Waals surface area contributed by atoms with E-state index in [1.807, 2.05) is 0 Å². The van der Waals surface area contributed by atoms with Gasteiger partial charge in [-0.2, -0.15) is 5.10 Å². The summed E-state index contributed by atoms with van der Waals surface area (Å²) < 4.78 is 54.0. The van der Waals surface area contributed by atoms with Crippen LogP contribution in [0.4, 0.5) is 23.7 Å². The van der Waals surface area contributed by atoms with E-state index in [9.17, 15) is 22.8 Å². The molecule has 8 nitrogen and oxygen atoms in total. The van der Waals surface area contributed by atoms with Crippen LogP contribution in [0.2, 0.25) is 0 Å². The van der Waals surface area contributed by atoms with E-state index < -0.39 is 31.0 Å². The highest BCUT2D eigenvalue weighted by Gasteiger charge is 2.34. The Labute approximate surface area is 192 Å². The second-order valence-electron chi connectivity index (χ2n) is 7.70. The van der Waals surface area contributed by atoms with Crippen molar-refractivity contribution in [3.05, 3.63) is 54.0 Å². The van der Waals surface area contributed by atoms with E-state index in [0.29, 0.717) is 39.5 Å². The van der Waals surface area contributed by atoms with E-state index in [1.165, 1.54) is 31.3 Å². The predicted molar refractivity (Wildman–Crippen MR) is 117 cm³/mol. The number of hydrogen-bond acceptors (Lipinski definition) is 5. The largest absolute Gasteiger partial charge is 0.482 e. The molecule has 0 unspecified atom stereocenters. The molecule has 11 heteroatoms. The second-order valence-corrected chi connectivity index (χ2v) is 7.70. The van der Waals surface area contributed by atoms with Gasteiger partial charge in [-0.1, -0.05) is 6.07 Å². The lowest BCUT2D eigenvalue weighted by molar-refractivity contribution is -0.118. The van der Waals surface area contributed by atoms with Gasteiger partial charge < -0.3 is 20.1 Å². The van der Waals surface area contributed by atoms with Crippen molar-refractivity contribution in [1.82, 2.24) is 15.1 Å². The van der Waals surface area contributed by atoms with Crippen molar-refractivity contribution in [2.45, 2.75) is 19.4 Å². The minimum atomic E-state index is -3.44. The van der Waals surface area contributed by atoms with Crippen LogP contribution < -0.4 is 15.4 Å². The van der Waals surface area contributed by atoms with Crippen LogP contribution in [0.25, 0.3) is 22.4 Å². The Balaban J connectivity index is 1.79. The molecule has 0 fully saturated rings.